The minimum absolute atomic E-state index is 0.0565. The number of rotatable bonds is 6. The first kappa shape index (κ1) is 10.8. The van der Waals surface area contributed by atoms with Gasteiger partial charge in [-0.3, -0.25) is 4.79 Å². The molecule has 0 atom stereocenters. The molecule has 0 aromatic carbocycles. The Hall–Kier alpha value is -1.29. The Morgan fingerprint density at radius 2 is 2.14 bits per heavy atom. The number of nitrogens with one attached hydrogen (secondary N) is 1. The average molecular weight is 196 g/mol. The van der Waals surface area contributed by atoms with Gasteiger partial charge < -0.3 is 14.6 Å². The summed E-state index contributed by atoms with van der Waals surface area (Å²) in [4.78, 5) is 11.1. The Labute approximate surface area is 83.9 Å². The molecule has 0 bridgehead atoms. The standard InChI is InChI=1S/C10H16N2O2/c1-2-14-9-10(13)11-5-8-12-6-3-4-7-12/h3-4,6-7H,2,5,8-9H2,1H3,(H,11,13). The van der Waals surface area contributed by atoms with E-state index in [1.54, 1.807) is 0 Å². The van der Waals surface area contributed by atoms with Crippen molar-refractivity contribution in [1.29, 1.82) is 0 Å². The van der Waals surface area contributed by atoms with Crippen molar-refractivity contribution in [2.45, 2.75) is 13.5 Å². The van der Waals surface area contributed by atoms with E-state index in [4.69, 9.17) is 4.74 Å². The zero-order valence-electron chi connectivity index (χ0n) is 8.40. The highest BCUT2D eigenvalue weighted by molar-refractivity contribution is 5.77. The van der Waals surface area contributed by atoms with Gasteiger partial charge >= 0.3 is 0 Å². The summed E-state index contributed by atoms with van der Waals surface area (Å²) in [7, 11) is 0. The maximum absolute atomic E-state index is 11.1. The molecule has 1 amide bonds. The molecule has 1 aromatic rings. The van der Waals surface area contributed by atoms with Crippen LogP contribution < -0.4 is 5.32 Å². The lowest BCUT2D eigenvalue weighted by Gasteiger charge is -2.05. The maximum Gasteiger partial charge on any atom is 0.246 e. The van der Waals surface area contributed by atoms with E-state index in [-0.39, 0.29) is 12.5 Å². The van der Waals surface area contributed by atoms with Gasteiger partial charge in [0, 0.05) is 32.1 Å². The predicted octanol–water partition coefficient (Wildman–Crippen LogP) is 0.641. The van der Waals surface area contributed by atoms with Crippen LogP contribution in [0.5, 0.6) is 0 Å². The van der Waals surface area contributed by atoms with Crippen LogP contribution in [0, 0.1) is 0 Å². The van der Waals surface area contributed by atoms with Crippen LogP contribution in [-0.2, 0) is 16.1 Å². The monoisotopic (exact) mass is 196 g/mol. The van der Waals surface area contributed by atoms with Crippen LogP contribution in [0.25, 0.3) is 0 Å². The summed E-state index contributed by atoms with van der Waals surface area (Å²) in [6.07, 6.45) is 3.93. The van der Waals surface area contributed by atoms with Crippen molar-refractivity contribution in [3.63, 3.8) is 0 Å². The van der Waals surface area contributed by atoms with Gasteiger partial charge in [0.15, 0.2) is 0 Å². The molecular formula is C10H16N2O2. The van der Waals surface area contributed by atoms with Gasteiger partial charge in [0.25, 0.3) is 0 Å². The van der Waals surface area contributed by atoms with Crippen molar-refractivity contribution >= 4 is 5.91 Å². The summed E-state index contributed by atoms with van der Waals surface area (Å²) >= 11 is 0. The Morgan fingerprint density at radius 3 is 2.79 bits per heavy atom. The average Bonchev–Trinajstić information content (AvgIpc) is 2.67. The number of carbonyl (C=O) groups is 1. The lowest BCUT2D eigenvalue weighted by molar-refractivity contribution is -0.125. The molecule has 0 aliphatic carbocycles. The molecule has 0 unspecified atom stereocenters. The number of aromatic nitrogens is 1. The molecule has 4 heteroatoms. The lowest BCUT2D eigenvalue weighted by Crippen LogP contribution is -2.30. The Bertz CT molecular complexity index is 257. The van der Waals surface area contributed by atoms with Gasteiger partial charge in [0.05, 0.1) is 0 Å². The Balaban J connectivity index is 2.06. The normalized spacial score (nSPS) is 10.1. The van der Waals surface area contributed by atoms with E-state index in [1.807, 2.05) is 36.0 Å². The lowest BCUT2D eigenvalue weighted by atomic mass is 10.5. The number of carbonyl (C=O) groups excluding carboxylic acids is 1. The fourth-order valence-electron chi connectivity index (χ4n) is 1.09. The number of amides is 1. The second-order valence-corrected chi connectivity index (χ2v) is 2.91. The second-order valence-electron chi connectivity index (χ2n) is 2.91. The fourth-order valence-corrected chi connectivity index (χ4v) is 1.09. The number of hydrogen-bond acceptors (Lipinski definition) is 2. The van der Waals surface area contributed by atoms with Crippen LogP contribution in [-0.4, -0.2) is 30.2 Å². The van der Waals surface area contributed by atoms with Gasteiger partial charge in [-0.15, -0.1) is 0 Å². The first-order valence-corrected chi connectivity index (χ1v) is 4.78. The SMILES string of the molecule is CCOCC(=O)NCCn1cccc1. The smallest absolute Gasteiger partial charge is 0.246 e. The molecule has 78 valence electrons. The molecule has 1 rings (SSSR count). The minimum Gasteiger partial charge on any atom is -0.372 e. The largest absolute Gasteiger partial charge is 0.372 e. The van der Waals surface area contributed by atoms with Crippen molar-refractivity contribution in [2.24, 2.45) is 0 Å². The second kappa shape index (κ2) is 6.21. The first-order chi connectivity index (χ1) is 6.83. The van der Waals surface area contributed by atoms with Crippen LogP contribution in [0.4, 0.5) is 0 Å². The van der Waals surface area contributed by atoms with E-state index in [0.717, 1.165) is 6.54 Å². The number of nitrogens with zero attached hydrogens (tertiary/aromatic N) is 1. The molecule has 0 radical (unpaired) electrons. The van der Waals surface area contributed by atoms with Gasteiger partial charge in [-0.05, 0) is 19.1 Å². The minimum atomic E-state index is -0.0565. The zero-order valence-corrected chi connectivity index (χ0v) is 8.40. The molecular weight excluding hydrogens is 180 g/mol. The van der Waals surface area contributed by atoms with Crippen LogP contribution in [0.3, 0.4) is 0 Å². The Morgan fingerprint density at radius 1 is 1.43 bits per heavy atom. The van der Waals surface area contributed by atoms with Gasteiger partial charge in [0.2, 0.25) is 5.91 Å². The van der Waals surface area contributed by atoms with Gasteiger partial charge in [-0.25, -0.2) is 0 Å². The quantitative estimate of drug-likeness (QED) is 0.725. The molecule has 0 saturated carbocycles. The molecule has 4 nitrogen and oxygen atoms in total. The van der Waals surface area contributed by atoms with Crippen molar-refractivity contribution in [1.82, 2.24) is 9.88 Å². The van der Waals surface area contributed by atoms with Crippen LogP contribution in [0.2, 0.25) is 0 Å². The molecule has 0 aliphatic heterocycles. The highest BCUT2D eigenvalue weighted by Crippen LogP contribution is 1.87. The number of hydrogen-bond donors (Lipinski definition) is 1. The Kier molecular flexibility index (Phi) is 4.78. The molecule has 0 saturated heterocycles. The third-order valence-electron chi connectivity index (χ3n) is 1.80. The van der Waals surface area contributed by atoms with Gasteiger partial charge in [-0.2, -0.15) is 0 Å². The summed E-state index contributed by atoms with van der Waals surface area (Å²) in [6, 6.07) is 3.92. The van der Waals surface area contributed by atoms with Gasteiger partial charge in [-0.1, -0.05) is 0 Å². The van der Waals surface area contributed by atoms with Crippen LogP contribution in [0.1, 0.15) is 6.92 Å². The highest BCUT2D eigenvalue weighted by Gasteiger charge is 1.98. The van der Waals surface area contributed by atoms with Crippen molar-refractivity contribution in [3.05, 3.63) is 24.5 Å². The summed E-state index contributed by atoms with van der Waals surface area (Å²) < 4.78 is 6.98. The molecule has 0 aliphatic rings. The highest BCUT2D eigenvalue weighted by atomic mass is 16.5. The molecule has 14 heavy (non-hydrogen) atoms. The fraction of sp³-hybridized carbons (Fsp3) is 0.500. The summed E-state index contributed by atoms with van der Waals surface area (Å²) in [5.74, 6) is -0.0565. The third kappa shape index (κ3) is 4.09. The topological polar surface area (TPSA) is 43.3 Å². The van der Waals surface area contributed by atoms with Gasteiger partial charge in [0.1, 0.15) is 6.61 Å². The van der Waals surface area contributed by atoms with Crippen LogP contribution >= 0.6 is 0 Å². The molecule has 1 heterocycles. The van der Waals surface area contributed by atoms with Crippen LogP contribution in [0.15, 0.2) is 24.5 Å². The maximum atomic E-state index is 11.1. The van der Waals surface area contributed by atoms with E-state index in [9.17, 15) is 4.79 Å². The summed E-state index contributed by atoms with van der Waals surface area (Å²) in [6.45, 7) is 4.03. The summed E-state index contributed by atoms with van der Waals surface area (Å²) in [5.41, 5.74) is 0. The number of ether oxygens (including phenoxy) is 1. The third-order valence-corrected chi connectivity index (χ3v) is 1.80. The predicted molar refractivity (Wildman–Crippen MR) is 53.9 cm³/mol. The van der Waals surface area contributed by atoms with Crippen molar-refractivity contribution in [2.75, 3.05) is 19.8 Å². The molecule has 0 fully saturated rings. The zero-order chi connectivity index (χ0) is 10.2. The van der Waals surface area contributed by atoms with E-state index in [0.29, 0.717) is 13.2 Å². The van der Waals surface area contributed by atoms with Crippen molar-refractivity contribution < 1.29 is 9.53 Å². The van der Waals surface area contributed by atoms with E-state index in [1.165, 1.54) is 0 Å². The van der Waals surface area contributed by atoms with E-state index < -0.39 is 0 Å². The summed E-state index contributed by atoms with van der Waals surface area (Å²) in [5, 5.41) is 2.77. The molecule has 1 aromatic heterocycles. The van der Waals surface area contributed by atoms with E-state index in [2.05, 4.69) is 5.32 Å². The van der Waals surface area contributed by atoms with E-state index >= 15 is 0 Å². The van der Waals surface area contributed by atoms with Crippen molar-refractivity contribution in [3.8, 4) is 0 Å². The molecule has 0 spiro atoms. The first-order valence-electron chi connectivity index (χ1n) is 4.78. The molecule has 1 N–H and O–H groups in total.